The van der Waals surface area contributed by atoms with Crippen LogP contribution in [0.15, 0.2) is 80.6 Å². The Balaban J connectivity index is 1.64. The van der Waals surface area contributed by atoms with Crippen molar-refractivity contribution in [3.63, 3.8) is 0 Å². The number of carbonyl (C=O) groups excluding carboxylic acids is 4. The Bertz CT molecular complexity index is 1670. The molecule has 2 aliphatic heterocycles. The smallest absolute Gasteiger partial charge is 0.348 e. The normalized spacial score (nSPS) is 15.9. The number of ether oxygens (including phenoxy) is 5. The quantitative estimate of drug-likeness (QED) is 0.182. The molecule has 5 rings (SSSR count). The first kappa shape index (κ1) is 27.4. The minimum Gasteiger partial charge on any atom is -0.492 e. The van der Waals surface area contributed by atoms with Crippen LogP contribution in [0.2, 0.25) is 0 Å². The number of halogens is 2. The molecule has 3 aromatic carbocycles. The zero-order valence-corrected chi connectivity index (χ0v) is 24.3. The van der Waals surface area contributed by atoms with Crippen LogP contribution in [0.1, 0.15) is 38.8 Å². The summed E-state index contributed by atoms with van der Waals surface area (Å²) < 4.78 is 29.1. The van der Waals surface area contributed by atoms with Gasteiger partial charge in [-0.05, 0) is 68.4 Å². The predicted molar refractivity (Wildman–Crippen MR) is 148 cm³/mol. The minimum absolute atomic E-state index is 0.0469. The maximum absolute atomic E-state index is 13.1. The first-order valence-corrected chi connectivity index (χ1v) is 13.2. The van der Waals surface area contributed by atoms with Crippen molar-refractivity contribution in [2.24, 2.45) is 0 Å². The van der Waals surface area contributed by atoms with Crippen molar-refractivity contribution in [2.45, 2.75) is 13.8 Å². The Morgan fingerprint density at radius 2 is 1.32 bits per heavy atom. The van der Waals surface area contributed by atoms with E-state index in [4.69, 9.17) is 23.7 Å². The molecule has 0 N–H and O–H groups in total. The second-order valence-corrected chi connectivity index (χ2v) is 10.5. The summed E-state index contributed by atoms with van der Waals surface area (Å²) in [6, 6.07) is 14.2. The third kappa shape index (κ3) is 4.93. The Morgan fingerprint density at radius 1 is 0.775 bits per heavy atom. The van der Waals surface area contributed by atoms with E-state index in [0.717, 1.165) is 8.95 Å². The molecule has 0 aromatic heterocycles. The lowest BCUT2D eigenvalue weighted by Gasteiger charge is -2.16. The largest absolute Gasteiger partial charge is 0.492 e. The third-order valence-electron chi connectivity index (χ3n) is 6.13. The van der Waals surface area contributed by atoms with Crippen LogP contribution in [0, 0.1) is 6.92 Å². The molecular formula is C29H18Br2O9. The lowest BCUT2D eigenvalue weighted by molar-refractivity contribution is -0.133. The number of esters is 4. The fourth-order valence-electron chi connectivity index (χ4n) is 4.11. The first-order chi connectivity index (χ1) is 19.1. The van der Waals surface area contributed by atoms with Crippen LogP contribution < -0.4 is 14.2 Å². The highest BCUT2D eigenvalue weighted by Crippen LogP contribution is 2.49. The van der Waals surface area contributed by atoms with Crippen LogP contribution >= 0.6 is 31.9 Å². The first-order valence-electron chi connectivity index (χ1n) is 11.7. The van der Waals surface area contributed by atoms with E-state index in [2.05, 4.69) is 31.9 Å². The van der Waals surface area contributed by atoms with Gasteiger partial charge < -0.3 is 23.7 Å². The summed E-state index contributed by atoms with van der Waals surface area (Å²) in [5.74, 6) is -3.28. The average molecular weight is 670 g/mol. The van der Waals surface area contributed by atoms with E-state index in [0.29, 0.717) is 0 Å². The summed E-state index contributed by atoms with van der Waals surface area (Å²) in [4.78, 5) is 51.4. The second kappa shape index (κ2) is 10.7. The van der Waals surface area contributed by atoms with Crippen LogP contribution in [0.3, 0.4) is 0 Å². The van der Waals surface area contributed by atoms with Gasteiger partial charge in [0.1, 0.15) is 11.3 Å². The molecule has 0 atom stereocenters. The van der Waals surface area contributed by atoms with E-state index < -0.39 is 23.9 Å². The summed E-state index contributed by atoms with van der Waals surface area (Å²) in [6.45, 7) is 3.04. The van der Waals surface area contributed by atoms with Crippen LogP contribution in [0.4, 0.5) is 0 Å². The molecule has 202 valence electrons. The molecule has 0 saturated heterocycles. The minimum atomic E-state index is -0.827. The molecule has 0 aliphatic carbocycles. The van der Waals surface area contributed by atoms with Gasteiger partial charge in [0.15, 0.2) is 23.0 Å². The van der Waals surface area contributed by atoms with E-state index in [1.807, 2.05) is 0 Å². The third-order valence-corrected chi connectivity index (χ3v) is 7.19. The summed E-state index contributed by atoms with van der Waals surface area (Å²) in [7, 11) is 1.34. The summed E-state index contributed by atoms with van der Waals surface area (Å²) in [5.41, 5.74) is 0.890. The number of fused-ring (bicyclic) bond motifs is 1. The fraction of sp³-hybridized carbons (Fsp3) is 0.103. The Hall–Kier alpha value is -4.22. The van der Waals surface area contributed by atoms with Gasteiger partial charge in [-0.1, -0.05) is 31.9 Å². The molecule has 0 spiro atoms. The van der Waals surface area contributed by atoms with Crippen LogP contribution in [0.25, 0.3) is 5.57 Å². The highest BCUT2D eigenvalue weighted by Gasteiger charge is 2.41. The maximum Gasteiger partial charge on any atom is 0.348 e. The van der Waals surface area contributed by atoms with E-state index in [1.54, 1.807) is 55.5 Å². The average Bonchev–Trinajstić information content (AvgIpc) is 3.40. The summed E-state index contributed by atoms with van der Waals surface area (Å²) in [6.07, 6.45) is 0. The SMILES string of the molecule is COC1=C(C)C(=O)O/C1=C1\C(=O)Oc2c1cc(OC(=O)c1ccc(Br)cc1)c(OC(=O)c1ccc(Br)cc1)c2C. The number of hydrogen-bond acceptors (Lipinski definition) is 9. The molecule has 0 fully saturated rings. The lowest BCUT2D eigenvalue weighted by atomic mass is 10.0. The van der Waals surface area contributed by atoms with E-state index in [9.17, 15) is 19.2 Å². The van der Waals surface area contributed by atoms with E-state index >= 15 is 0 Å². The molecule has 0 saturated carbocycles. The molecular weight excluding hydrogens is 652 g/mol. The van der Waals surface area contributed by atoms with Crippen molar-refractivity contribution in [3.8, 4) is 17.2 Å². The highest BCUT2D eigenvalue weighted by molar-refractivity contribution is 9.10. The zero-order valence-electron chi connectivity index (χ0n) is 21.1. The molecule has 11 heteroatoms. The number of cyclic esters (lactones) is 1. The topological polar surface area (TPSA) is 114 Å². The molecule has 0 amide bonds. The summed E-state index contributed by atoms with van der Waals surface area (Å²) in [5, 5.41) is 0. The second-order valence-electron chi connectivity index (χ2n) is 8.64. The summed E-state index contributed by atoms with van der Waals surface area (Å²) >= 11 is 6.64. The molecule has 0 bridgehead atoms. The Morgan fingerprint density at radius 3 is 1.88 bits per heavy atom. The standard InChI is InChI=1S/C29H18Br2O9/c1-13-22-19(21(29(35)38-22)25-24(36-3)14(2)26(32)40-25)12-20(37-27(33)15-4-8-17(30)9-5-15)23(13)39-28(34)16-6-10-18(31)11-7-16/h4-12H,1-3H3/b25-21-. The molecule has 2 aliphatic rings. The molecule has 0 radical (unpaired) electrons. The number of rotatable bonds is 5. The zero-order chi connectivity index (χ0) is 28.7. The van der Waals surface area contributed by atoms with Gasteiger partial charge in [0.2, 0.25) is 0 Å². The van der Waals surface area contributed by atoms with Gasteiger partial charge in [0.25, 0.3) is 0 Å². The van der Waals surface area contributed by atoms with Crippen LogP contribution in [-0.2, 0) is 19.1 Å². The van der Waals surface area contributed by atoms with E-state index in [1.165, 1.54) is 20.1 Å². The van der Waals surface area contributed by atoms with Crippen molar-refractivity contribution in [1.82, 2.24) is 0 Å². The molecule has 2 heterocycles. The van der Waals surface area contributed by atoms with Gasteiger partial charge in [-0.25, -0.2) is 19.2 Å². The maximum atomic E-state index is 13.1. The van der Waals surface area contributed by atoms with Gasteiger partial charge in [-0.3, -0.25) is 0 Å². The monoisotopic (exact) mass is 668 g/mol. The van der Waals surface area contributed by atoms with Gasteiger partial charge in [0, 0.05) is 20.1 Å². The predicted octanol–water partition coefficient (Wildman–Crippen LogP) is 6.07. The molecule has 0 unspecified atom stereocenters. The van der Waals surface area contributed by atoms with Crippen molar-refractivity contribution in [1.29, 1.82) is 0 Å². The van der Waals surface area contributed by atoms with Crippen molar-refractivity contribution < 1.29 is 42.9 Å². The Kier molecular flexibility index (Phi) is 7.35. The molecule has 9 nitrogen and oxygen atoms in total. The lowest BCUT2D eigenvalue weighted by Crippen LogP contribution is -2.14. The van der Waals surface area contributed by atoms with Crippen LogP contribution in [0.5, 0.6) is 17.2 Å². The van der Waals surface area contributed by atoms with Crippen molar-refractivity contribution >= 4 is 61.3 Å². The number of benzene rings is 3. The van der Waals surface area contributed by atoms with Gasteiger partial charge in [-0.15, -0.1) is 0 Å². The van der Waals surface area contributed by atoms with Gasteiger partial charge >= 0.3 is 23.9 Å². The van der Waals surface area contributed by atoms with Gasteiger partial charge in [0.05, 0.1) is 23.8 Å². The fourth-order valence-corrected chi connectivity index (χ4v) is 4.64. The number of carbonyl (C=O) groups is 4. The van der Waals surface area contributed by atoms with Gasteiger partial charge in [-0.2, -0.15) is 0 Å². The van der Waals surface area contributed by atoms with Crippen LogP contribution in [-0.4, -0.2) is 31.0 Å². The Labute approximate surface area is 244 Å². The number of hydrogen-bond donors (Lipinski definition) is 0. The molecule has 3 aromatic rings. The van der Waals surface area contributed by atoms with E-state index in [-0.39, 0.29) is 62.2 Å². The van der Waals surface area contributed by atoms with Crippen molar-refractivity contribution in [3.05, 3.63) is 103 Å². The highest BCUT2D eigenvalue weighted by atomic mass is 79.9. The number of methoxy groups -OCH3 is 1. The molecule has 40 heavy (non-hydrogen) atoms. The van der Waals surface area contributed by atoms with Crippen molar-refractivity contribution in [2.75, 3.05) is 7.11 Å².